The Morgan fingerprint density at radius 3 is 2.71 bits per heavy atom. The van der Waals surface area contributed by atoms with Gasteiger partial charge in [0.05, 0.1) is 0 Å². The molecule has 2 aromatic heterocycles. The maximum absolute atomic E-state index is 4.37. The summed E-state index contributed by atoms with van der Waals surface area (Å²) in [6.45, 7) is 1.68. The summed E-state index contributed by atoms with van der Waals surface area (Å²) in [5.41, 5.74) is 1.19. The van der Waals surface area contributed by atoms with E-state index in [0.29, 0.717) is 0 Å². The first kappa shape index (κ1) is 20.7. The normalized spacial score (nSPS) is 10.9. The van der Waals surface area contributed by atoms with E-state index in [1.165, 1.54) is 10.4 Å². The first-order valence-corrected chi connectivity index (χ1v) is 8.54. The number of nitrogens with one attached hydrogen (secondary N) is 1. The molecule has 5 nitrogen and oxygen atoms in total. The van der Waals surface area contributed by atoms with E-state index in [-0.39, 0.29) is 24.0 Å². The van der Waals surface area contributed by atoms with Gasteiger partial charge in [-0.3, -0.25) is 4.99 Å². The molecule has 0 saturated heterocycles. The molecule has 0 aliphatic heterocycles. The van der Waals surface area contributed by atoms with E-state index < -0.39 is 0 Å². The molecular weight excluding hydrogens is 433 g/mol. The lowest BCUT2D eigenvalue weighted by Crippen LogP contribution is -2.39. The highest BCUT2D eigenvalue weighted by Gasteiger charge is 2.07. The van der Waals surface area contributed by atoms with Gasteiger partial charge in [-0.1, -0.05) is 6.07 Å². The van der Waals surface area contributed by atoms with Crippen molar-refractivity contribution >= 4 is 47.1 Å². The van der Waals surface area contributed by atoms with Gasteiger partial charge in [-0.25, -0.2) is 4.98 Å². The van der Waals surface area contributed by atoms with Crippen LogP contribution in [0, 0.1) is 0 Å². The van der Waals surface area contributed by atoms with Crippen molar-refractivity contribution in [1.29, 1.82) is 0 Å². The molecule has 0 amide bonds. The number of guanidine groups is 1. The number of hydrogen-bond donors (Lipinski definition) is 1. The monoisotopic (exact) mass is 459 g/mol. The number of likely N-dealkylation sites (N-methyl/N-ethyl adjacent to an activating group) is 1. The van der Waals surface area contributed by atoms with E-state index in [2.05, 4.69) is 50.8 Å². The molecule has 0 spiro atoms. The van der Waals surface area contributed by atoms with Gasteiger partial charge in [-0.2, -0.15) is 0 Å². The molecule has 0 aliphatic rings. The zero-order chi connectivity index (χ0) is 16.7. The van der Waals surface area contributed by atoms with Crippen molar-refractivity contribution in [2.24, 2.45) is 4.99 Å². The summed E-state index contributed by atoms with van der Waals surface area (Å²) in [7, 11) is 7.89. The van der Waals surface area contributed by atoms with Crippen LogP contribution in [0.15, 0.2) is 40.8 Å². The van der Waals surface area contributed by atoms with Crippen LogP contribution >= 0.6 is 35.3 Å². The van der Waals surface area contributed by atoms with Gasteiger partial charge in [0.25, 0.3) is 0 Å². The number of rotatable bonds is 6. The number of thiophene rings is 1. The van der Waals surface area contributed by atoms with Crippen LogP contribution in [0.3, 0.4) is 0 Å². The van der Waals surface area contributed by atoms with Gasteiger partial charge in [-0.15, -0.1) is 35.3 Å². The van der Waals surface area contributed by atoms with Gasteiger partial charge in [0.15, 0.2) is 5.96 Å². The molecule has 2 heterocycles. The van der Waals surface area contributed by atoms with Crippen LogP contribution in [-0.4, -0.2) is 50.6 Å². The third-order valence-electron chi connectivity index (χ3n) is 3.57. The number of halogens is 1. The van der Waals surface area contributed by atoms with E-state index >= 15 is 0 Å². The summed E-state index contributed by atoms with van der Waals surface area (Å²) in [6.07, 6.45) is 2.88. The van der Waals surface area contributed by atoms with Gasteiger partial charge in [0.1, 0.15) is 5.82 Å². The minimum absolute atomic E-state index is 0. The average Bonchev–Trinajstić information content (AvgIpc) is 3.07. The van der Waals surface area contributed by atoms with E-state index in [0.717, 1.165) is 31.3 Å². The van der Waals surface area contributed by atoms with E-state index in [4.69, 9.17) is 0 Å². The van der Waals surface area contributed by atoms with Crippen molar-refractivity contribution in [2.75, 3.05) is 39.6 Å². The highest BCUT2D eigenvalue weighted by atomic mass is 127. The molecule has 0 fully saturated rings. The molecule has 0 unspecified atom stereocenters. The van der Waals surface area contributed by atoms with Gasteiger partial charge in [0, 0.05) is 52.4 Å². The Morgan fingerprint density at radius 2 is 2.08 bits per heavy atom. The molecule has 2 rings (SSSR count). The second kappa shape index (κ2) is 10.5. The molecule has 2 aromatic rings. The van der Waals surface area contributed by atoms with Crippen LogP contribution in [0.25, 0.3) is 0 Å². The molecule has 132 valence electrons. The van der Waals surface area contributed by atoms with Gasteiger partial charge >= 0.3 is 0 Å². The number of aromatic nitrogens is 1. The Morgan fingerprint density at radius 1 is 1.29 bits per heavy atom. The van der Waals surface area contributed by atoms with Gasteiger partial charge in [-0.05, 0) is 35.6 Å². The molecule has 7 heteroatoms. The number of nitrogens with zero attached hydrogens (tertiary/aromatic N) is 4. The summed E-state index contributed by atoms with van der Waals surface area (Å²) in [4.78, 5) is 14.3. The lowest BCUT2D eigenvalue weighted by Gasteiger charge is -2.22. The Bertz CT molecular complexity index is 628. The van der Waals surface area contributed by atoms with Crippen molar-refractivity contribution in [1.82, 2.24) is 15.2 Å². The SMILES string of the molecule is CN=C(NCc1ccnc(N(C)C)c1)N(C)CCc1cccs1.I. The van der Waals surface area contributed by atoms with Crippen LogP contribution in [0.2, 0.25) is 0 Å². The van der Waals surface area contributed by atoms with Crippen molar-refractivity contribution in [3.63, 3.8) is 0 Å². The second-order valence-electron chi connectivity index (χ2n) is 5.57. The fourth-order valence-electron chi connectivity index (χ4n) is 2.22. The van der Waals surface area contributed by atoms with Gasteiger partial charge < -0.3 is 15.1 Å². The lowest BCUT2D eigenvalue weighted by atomic mass is 10.2. The molecule has 0 aliphatic carbocycles. The number of aliphatic imine (C=N–C) groups is 1. The Labute approximate surface area is 165 Å². The Kier molecular flexibility index (Phi) is 9.05. The average molecular weight is 459 g/mol. The lowest BCUT2D eigenvalue weighted by molar-refractivity contribution is 0.486. The standard InChI is InChI=1S/C17H25N5S.HI/c1-18-17(22(4)10-8-15-6-5-11-23-15)20-13-14-7-9-19-16(12-14)21(2)3;/h5-7,9,11-12H,8,10,13H2,1-4H3,(H,18,20);1H. The summed E-state index contributed by atoms with van der Waals surface area (Å²) >= 11 is 1.80. The highest BCUT2D eigenvalue weighted by molar-refractivity contribution is 14.0. The molecule has 24 heavy (non-hydrogen) atoms. The third kappa shape index (κ3) is 6.27. The Balaban J connectivity index is 0.00000288. The van der Waals surface area contributed by atoms with Crippen LogP contribution in [0.1, 0.15) is 10.4 Å². The molecular formula is C17H26IN5S. The number of anilines is 1. The molecule has 0 aromatic carbocycles. The molecule has 0 bridgehead atoms. The minimum atomic E-state index is 0. The quantitative estimate of drug-likeness (QED) is 0.410. The predicted molar refractivity (Wildman–Crippen MR) is 115 cm³/mol. The fourth-order valence-corrected chi connectivity index (χ4v) is 2.92. The minimum Gasteiger partial charge on any atom is -0.363 e. The summed E-state index contributed by atoms with van der Waals surface area (Å²) in [5.74, 6) is 1.87. The maximum Gasteiger partial charge on any atom is 0.193 e. The molecule has 0 saturated carbocycles. The summed E-state index contributed by atoms with van der Waals surface area (Å²) < 4.78 is 0. The predicted octanol–water partition coefficient (Wildman–Crippen LogP) is 3.08. The summed E-state index contributed by atoms with van der Waals surface area (Å²) in [6, 6.07) is 8.39. The maximum atomic E-state index is 4.37. The highest BCUT2D eigenvalue weighted by Crippen LogP contribution is 2.10. The fraction of sp³-hybridized carbons (Fsp3) is 0.412. The second-order valence-corrected chi connectivity index (χ2v) is 6.60. The van der Waals surface area contributed by atoms with E-state index in [9.17, 15) is 0 Å². The van der Waals surface area contributed by atoms with E-state index in [1.54, 1.807) is 11.3 Å². The zero-order valence-corrected chi connectivity index (χ0v) is 17.8. The van der Waals surface area contributed by atoms with Crippen LogP contribution in [0.5, 0.6) is 0 Å². The van der Waals surface area contributed by atoms with Crippen LogP contribution < -0.4 is 10.2 Å². The number of hydrogen-bond acceptors (Lipinski definition) is 4. The first-order chi connectivity index (χ1) is 11.1. The third-order valence-corrected chi connectivity index (χ3v) is 4.50. The largest absolute Gasteiger partial charge is 0.363 e. The van der Waals surface area contributed by atoms with Crippen molar-refractivity contribution in [3.05, 3.63) is 46.3 Å². The van der Waals surface area contributed by atoms with Crippen LogP contribution in [0.4, 0.5) is 5.82 Å². The first-order valence-electron chi connectivity index (χ1n) is 7.66. The smallest absolute Gasteiger partial charge is 0.193 e. The molecule has 0 radical (unpaired) electrons. The Hall–Kier alpha value is -1.35. The van der Waals surface area contributed by atoms with E-state index in [1.807, 2.05) is 38.3 Å². The van der Waals surface area contributed by atoms with Crippen molar-refractivity contribution < 1.29 is 0 Å². The van der Waals surface area contributed by atoms with Crippen molar-refractivity contribution in [3.8, 4) is 0 Å². The molecule has 1 N–H and O–H groups in total. The zero-order valence-electron chi connectivity index (χ0n) is 14.7. The molecule has 0 atom stereocenters. The van der Waals surface area contributed by atoms with Crippen molar-refractivity contribution in [2.45, 2.75) is 13.0 Å². The summed E-state index contributed by atoms with van der Waals surface area (Å²) in [5, 5.41) is 5.53. The number of pyridine rings is 1. The van der Waals surface area contributed by atoms with Crippen LogP contribution in [-0.2, 0) is 13.0 Å². The van der Waals surface area contributed by atoms with Gasteiger partial charge in [0.2, 0.25) is 0 Å². The topological polar surface area (TPSA) is 43.8 Å².